The zero-order chi connectivity index (χ0) is 12.4. The van der Waals surface area contributed by atoms with E-state index in [0.29, 0.717) is 6.42 Å². The highest BCUT2D eigenvalue weighted by Gasteiger charge is 2.12. The molecule has 0 aromatic heterocycles. The SMILES string of the molecule is CCCCCCCC(=O)NSC(C)C(=O)O. The van der Waals surface area contributed by atoms with Crippen LogP contribution >= 0.6 is 11.9 Å². The van der Waals surface area contributed by atoms with E-state index in [-0.39, 0.29) is 5.91 Å². The number of carbonyl (C=O) groups is 2. The van der Waals surface area contributed by atoms with Gasteiger partial charge in [0.15, 0.2) is 0 Å². The van der Waals surface area contributed by atoms with Crippen molar-refractivity contribution in [1.29, 1.82) is 0 Å². The van der Waals surface area contributed by atoms with E-state index < -0.39 is 11.2 Å². The minimum atomic E-state index is -0.909. The van der Waals surface area contributed by atoms with E-state index in [2.05, 4.69) is 11.6 Å². The third-order valence-corrected chi connectivity index (χ3v) is 3.11. The number of hydrogen-bond donors (Lipinski definition) is 2. The van der Waals surface area contributed by atoms with Crippen molar-refractivity contribution in [3.63, 3.8) is 0 Å². The summed E-state index contributed by atoms with van der Waals surface area (Å²) in [6, 6.07) is 0. The number of aliphatic carboxylic acids is 1. The molecule has 0 aromatic rings. The highest BCUT2D eigenvalue weighted by atomic mass is 32.2. The molecule has 0 spiro atoms. The van der Waals surface area contributed by atoms with Gasteiger partial charge in [-0.3, -0.25) is 14.3 Å². The van der Waals surface area contributed by atoms with Gasteiger partial charge in [0, 0.05) is 6.42 Å². The fourth-order valence-corrected chi connectivity index (χ4v) is 1.66. The molecule has 1 amide bonds. The predicted molar refractivity (Wildman–Crippen MR) is 66.2 cm³/mol. The molecule has 5 heteroatoms. The van der Waals surface area contributed by atoms with Crippen LogP contribution in [0, 0.1) is 0 Å². The Bertz CT molecular complexity index is 221. The highest BCUT2D eigenvalue weighted by Crippen LogP contribution is 2.08. The van der Waals surface area contributed by atoms with Crippen molar-refractivity contribution in [2.75, 3.05) is 0 Å². The fraction of sp³-hybridized carbons (Fsp3) is 0.818. The minimum absolute atomic E-state index is 0.0744. The molecule has 1 atom stereocenters. The molecule has 0 radical (unpaired) electrons. The van der Waals surface area contributed by atoms with Gasteiger partial charge in [0.25, 0.3) is 0 Å². The molecule has 1 unspecified atom stereocenters. The Morgan fingerprint density at radius 3 is 2.44 bits per heavy atom. The van der Waals surface area contributed by atoms with Crippen molar-refractivity contribution in [1.82, 2.24) is 4.72 Å². The Hall–Kier alpha value is -0.710. The molecule has 0 rings (SSSR count). The van der Waals surface area contributed by atoms with E-state index in [4.69, 9.17) is 5.11 Å². The number of rotatable bonds is 9. The molecule has 0 aliphatic carbocycles. The van der Waals surface area contributed by atoms with Crippen molar-refractivity contribution < 1.29 is 14.7 Å². The molecule has 16 heavy (non-hydrogen) atoms. The van der Waals surface area contributed by atoms with Crippen molar-refractivity contribution >= 4 is 23.8 Å². The maximum absolute atomic E-state index is 11.3. The smallest absolute Gasteiger partial charge is 0.318 e. The maximum Gasteiger partial charge on any atom is 0.318 e. The Balaban J connectivity index is 3.41. The third kappa shape index (κ3) is 8.59. The van der Waals surface area contributed by atoms with Gasteiger partial charge in [-0.05, 0) is 25.3 Å². The van der Waals surface area contributed by atoms with Crippen LogP contribution in [0.3, 0.4) is 0 Å². The van der Waals surface area contributed by atoms with Crippen LogP contribution in [0.4, 0.5) is 0 Å². The van der Waals surface area contributed by atoms with Gasteiger partial charge in [-0.1, -0.05) is 32.6 Å². The van der Waals surface area contributed by atoms with E-state index in [1.165, 1.54) is 19.3 Å². The molecule has 0 aliphatic heterocycles. The molecule has 0 saturated heterocycles. The van der Waals surface area contributed by atoms with Gasteiger partial charge in [-0.25, -0.2) is 0 Å². The Labute approximate surface area is 101 Å². The van der Waals surface area contributed by atoms with Gasteiger partial charge in [0.1, 0.15) is 5.25 Å². The van der Waals surface area contributed by atoms with E-state index in [1.54, 1.807) is 6.92 Å². The van der Waals surface area contributed by atoms with Gasteiger partial charge in [0.05, 0.1) is 0 Å². The molecule has 0 bridgehead atoms. The molecule has 0 saturated carbocycles. The number of amides is 1. The van der Waals surface area contributed by atoms with Crippen LogP contribution in [0.2, 0.25) is 0 Å². The molecule has 0 aliphatic rings. The van der Waals surface area contributed by atoms with Crippen LogP contribution in [-0.4, -0.2) is 22.2 Å². The number of unbranched alkanes of at least 4 members (excludes halogenated alkanes) is 4. The second-order valence-electron chi connectivity index (χ2n) is 3.79. The van der Waals surface area contributed by atoms with Crippen LogP contribution in [-0.2, 0) is 9.59 Å². The molecule has 4 nitrogen and oxygen atoms in total. The number of carbonyl (C=O) groups excluding carboxylic acids is 1. The van der Waals surface area contributed by atoms with Gasteiger partial charge in [0.2, 0.25) is 5.91 Å². The second-order valence-corrected chi connectivity index (χ2v) is 4.93. The summed E-state index contributed by atoms with van der Waals surface area (Å²) >= 11 is 0.962. The maximum atomic E-state index is 11.3. The Morgan fingerprint density at radius 2 is 1.88 bits per heavy atom. The Kier molecular flexibility index (Phi) is 9.09. The van der Waals surface area contributed by atoms with E-state index in [9.17, 15) is 9.59 Å². The number of carboxylic acid groups (broad SMARTS) is 1. The number of hydrogen-bond acceptors (Lipinski definition) is 3. The van der Waals surface area contributed by atoms with Crippen LogP contribution in [0.25, 0.3) is 0 Å². The van der Waals surface area contributed by atoms with Crippen LogP contribution in [0.5, 0.6) is 0 Å². The quantitative estimate of drug-likeness (QED) is 0.485. The standard InChI is InChI=1S/C11H21NO3S/c1-3-4-5-6-7-8-10(13)12-16-9(2)11(14)15/h9H,3-8H2,1-2H3,(H,12,13)(H,14,15). The van der Waals surface area contributed by atoms with Crippen LogP contribution in [0.15, 0.2) is 0 Å². The summed E-state index contributed by atoms with van der Waals surface area (Å²) in [7, 11) is 0. The minimum Gasteiger partial charge on any atom is -0.480 e. The number of nitrogens with one attached hydrogen (secondary N) is 1. The van der Waals surface area contributed by atoms with Crippen molar-refractivity contribution in [3.8, 4) is 0 Å². The monoisotopic (exact) mass is 247 g/mol. The summed E-state index contributed by atoms with van der Waals surface area (Å²) in [4.78, 5) is 21.7. The molecule has 0 fully saturated rings. The van der Waals surface area contributed by atoms with Gasteiger partial charge in [-0.15, -0.1) is 0 Å². The predicted octanol–water partition coefficient (Wildman–Crippen LogP) is 2.58. The number of carboxylic acids is 1. The van der Waals surface area contributed by atoms with Crippen LogP contribution in [0.1, 0.15) is 52.4 Å². The molecular formula is C11H21NO3S. The molecule has 94 valence electrons. The summed E-state index contributed by atoms with van der Waals surface area (Å²) in [5, 5.41) is 8.00. The molecular weight excluding hydrogens is 226 g/mol. The third-order valence-electron chi connectivity index (χ3n) is 2.20. The first kappa shape index (κ1) is 15.3. The first-order valence-corrected chi connectivity index (χ1v) is 6.63. The van der Waals surface area contributed by atoms with Crippen LogP contribution < -0.4 is 4.72 Å². The molecule has 2 N–H and O–H groups in total. The summed E-state index contributed by atoms with van der Waals surface area (Å²) in [6.07, 6.45) is 6.02. The molecule has 0 aromatic carbocycles. The first-order valence-electron chi connectivity index (χ1n) is 5.75. The normalized spacial score (nSPS) is 12.1. The van der Waals surface area contributed by atoms with Crippen molar-refractivity contribution in [3.05, 3.63) is 0 Å². The average molecular weight is 247 g/mol. The summed E-state index contributed by atoms with van der Waals surface area (Å²) in [5.74, 6) is -0.983. The summed E-state index contributed by atoms with van der Waals surface area (Å²) < 4.78 is 2.55. The van der Waals surface area contributed by atoms with E-state index in [0.717, 1.165) is 24.8 Å². The van der Waals surface area contributed by atoms with Gasteiger partial charge in [-0.2, -0.15) is 0 Å². The lowest BCUT2D eigenvalue weighted by molar-refractivity contribution is -0.136. The molecule has 0 heterocycles. The Morgan fingerprint density at radius 1 is 1.25 bits per heavy atom. The van der Waals surface area contributed by atoms with E-state index in [1.807, 2.05) is 0 Å². The topological polar surface area (TPSA) is 66.4 Å². The lowest BCUT2D eigenvalue weighted by Gasteiger charge is -2.07. The van der Waals surface area contributed by atoms with Gasteiger partial charge < -0.3 is 5.11 Å². The average Bonchev–Trinajstić information content (AvgIpc) is 2.25. The van der Waals surface area contributed by atoms with Gasteiger partial charge >= 0.3 is 5.97 Å². The second kappa shape index (κ2) is 9.51. The van der Waals surface area contributed by atoms with Crippen molar-refractivity contribution in [2.45, 2.75) is 57.6 Å². The van der Waals surface area contributed by atoms with Crippen molar-refractivity contribution in [2.24, 2.45) is 0 Å². The largest absolute Gasteiger partial charge is 0.480 e. The lowest BCUT2D eigenvalue weighted by Crippen LogP contribution is -2.22. The zero-order valence-electron chi connectivity index (χ0n) is 9.99. The lowest BCUT2D eigenvalue weighted by atomic mass is 10.1. The summed E-state index contributed by atoms with van der Waals surface area (Å²) in [6.45, 7) is 3.70. The summed E-state index contributed by atoms with van der Waals surface area (Å²) in [5.41, 5.74) is 0. The first-order chi connectivity index (χ1) is 7.57. The highest BCUT2D eigenvalue weighted by molar-refractivity contribution is 7.99. The fourth-order valence-electron chi connectivity index (χ4n) is 1.14. The zero-order valence-corrected chi connectivity index (χ0v) is 10.8. The van der Waals surface area contributed by atoms with E-state index >= 15 is 0 Å².